The first-order valence-corrected chi connectivity index (χ1v) is 15.9. The fraction of sp³-hybridized carbons (Fsp3) is 0.571. The second-order valence-corrected chi connectivity index (χ2v) is 13.2. The summed E-state index contributed by atoms with van der Waals surface area (Å²) in [4.78, 5) is 9.80. The normalized spacial score (nSPS) is 18.9. The second kappa shape index (κ2) is 13.1. The minimum atomic E-state index is -3.39. The summed E-state index contributed by atoms with van der Waals surface area (Å²) >= 11 is 1.61. The largest absolute Gasteiger partial charge is 0.366 e. The Kier molecular flexibility index (Phi) is 10.5. The van der Waals surface area contributed by atoms with Crippen molar-refractivity contribution in [1.82, 2.24) is 10.3 Å². The number of aliphatic imine (C=N–C) groups is 1. The molecule has 0 bridgehead atoms. The summed E-state index contributed by atoms with van der Waals surface area (Å²) in [6, 6.07) is 8.25. The lowest BCUT2D eigenvalue weighted by atomic mass is 9.95. The first-order valence-electron chi connectivity index (χ1n) is 13.2. The molecule has 0 atom stereocenters. The zero-order valence-electron chi connectivity index (χ0n) is 22.5. The molecule has 0 radical (unpaired) electrons. The van der Waals surface area contributed by atoms with Crippen molar-refractivity contribution in [3.05, 3.63) is 46.0 Å². The summed E-state index contributed by atoms with van der Waals surface area (Å²) in [6.07, 6.45) is 12.2. The first-order chi connectivity index (χ1) is 17.5. The minimum Gasteiger partial charge on any atom is -0.366 e. The molecule has 9 heteroatoms. The number of rotatable bonds is 6. The smallest absolute Gasteiger partial charge is 0.190 e. The molecule has 2 saturated carbocycles. The average Bonchev–Trinajstić information content (AvgIpc) is 3.48. The Hall–Kier alpha value is -2.07. The number of sulfone groups is 1. The molecule has 1 aromatic carbocycles. The number of aliphatic hydroxyl groups is 2. The summed E-state index contributed by atoms with van der Waals surface area (Å²) < 4.78 is 25.8. The van der Waals surface area contributed by atoms with E-state index in [0.717, 1.165) is 71.3 Å². The fourth-order valence-corrected chi connectivity index (χ4v) is 6.49. The van der Waals surface area contributed by atoms with E-state index in [1.165, 1.54) is 6.26 Å². The molecule has 204 valence electrons. The Morgan fingerprint density at radius 2 is 1.78 bits per heavy atom. The Balaban J connectivity index is 0.000000405. The molecule has 0 spiro atoms. The number of nitrogens with zero attached hydrogens (tertiary/aromatic N) is 2. The fourth-order valence-electron chi connectivity index (χ4n) is 4.62. The number of allylic oxidation sites excluding steroid dienone is 2. The molecule has 2 fully saturated rings. The van der Waals surface area contributed by atoms with Crippen LogP contribution in [0.15, 0.2) is 45.9 Å². The summed E-state index contributed by atoms with van der Waals surface area (Å²) in [6.45, 7) is 5.98. The van der Waals surface area contributed by atoms with Gasteiger partial charge in [0.2, 0.25) is 0 Å². The van der Waals surface area contributed by atoms with Gasteiger partial charge in [-0.25, -0.2) is 13.4 Å². The highest BCUT2D eigenvalue weighted by Gasteiger charge is 2.25. The van der Waals surface area contributed by atoms with Gasteiger partial charge in [0.1, 0.15) is 15.9 Å². The second-order valence-electron chi connectivity index (χ2n) is 10.2. The van der Waals surface area contributed by atoms with E-state index >= 15 is 0 Å². The summed E-state index contributed by atoms with van der Waals surface area (Å²) in [5.41, 5.74) is 2.89. The monoisotopic (exact) mass is 547 g/mol. The van der Waals surface area contributed by atoms with Crippen LogP contribution in [0.5, 0.6) is 0 Å². The van der Waals surface area contributed by atoms with Crippen LogP contribution in [-0.2, 0) is 9.84 Å². The molecule has 1 heterocycles. The predicted octanol–water partition coefficient (Wildman–Crippen LogP) is 5.95. The maximum atomic E-state index is 12.3. The van der Waals surface area contributed by atoms with Gasteiger partial charge in [-0.15, -0.1) is 11.3 Å². The van der Waals surface area contributed by atoms with Crippen LogP contribution in [0.25, 0.3) is 15.8 Å². The number of nitrogens with one attached hydrogen (secondary N) is 1. The number of amidine groups is 1. The van der Waals surface area contributed by atoms with Crippen molar-refractivity contribution >= 4 is 42.8 Å². The number of benzene rings is 1. The quantitative estimate of drug-likeness (QED) is 0.234. The van der Waals surface area contributed by atoms with Crippen LogP contribution in [0, 0.1) is 0 Å². The van der Waals surface area contributed by atoms with Gasteiger partial charge in [0.25, 0.3) is 0 Å². The lowest BCUT2D eigenvalue weighted by Crippen LogP contribution is -2.30. The number of para-hydroxylation sites is 1. The van der Waals surface area contributed by atoms with Crippen LogP contribution in [0.4, 0.5) is 0 Å². The Morgan fingerprint density at radius 3 is 2.30 bits per heavy atom. The maximum Gasteiger partial charge on any atom is 0.190 e. The number of aromatic nitrogens is 1. The van der Waals surface area contributed by atoms with E-state index in [4.69, 9.17) is 20.2 Å². The molecule has 2 aliphatic carbocycles. The molecule has 0 saturated heterocycles. The van der Waals surface area contributed by atoms with Crippen LogP contribution in [-0.4, -0.2) is 47.5 Å². The Labute approximate surface area is 225 Å². The standard InChI is InChI=1S/C22H29N3O2S2.C6H12O2/c1-5-10-19(29(4,26)27)25-21(23-16-11-6-7-12-16)20(15(2)3)22-24-17-13-8-9-14-18(17)28-22;7-6(8)4-2-1-3-5-6/h8-10,13-14,16H,5-7,11-12H2,1-4H3,(H,23,25);7-8H,1-5H2/b19-10-;. The van der Waals surface area contributed by atoms with Crippen molar-refractivity contribution in [2.45, 2.75) is 96.8 Å². The predicted molar refractivity (Wildman–Crippen MR) is 154 cm³/mol. The molecule has 3 N–H and O–H groups in total. The van der Waals surface area contributed by atoms with Crippen molar-refractivity contribution in [3.63, 3.8) is 0 Å². The molecular weight excluding hydrogens is 506 g/mol. The topological polar surface area (TPSA) is 112 Å². The van der Waals surface area contributed by atoms with Crippen LogP contribution >= 0.6 is 11.3 Å². The zero-order chi connectivity index (χ0) is 27.1. The molecule has 0 unspecified atom stereocenters. The zero-order valence-corrected chi connectivity index (χ0v) is 24.1. The summed E-state index contributed by atoms with van der Waals surface area (Å²) in [5.74, 6) is -0.709. The highest BCUT2D eigenvalue weighted by Crippen LogP contribution is 2.31. The van der Waals surface area contributed by atoms with Crippen molar-refractivity contribution < 1.29 is 18.6 Å². The molecule has 0 aliphatic heterocycles. The molecule has 4 rings (SSSR count). The van der Waals surface area contributed by atoms with Crippen molar-refractivity contribution in [2.75, 3.05) is 6.26 Å². The average molecular weight is 548 g/mol. The number of fused-ring (bicyclic) bond motifs is 1. The lowest BCUT2D eigenvalue weighted by Gasteiger charge is -2.25. The van der Waals surface area contributed by atoms with Gasteiger partial charge in [0.05, 0.1) is 21.8 Å². The minimum absolute atomic E-state index is 0.205. The van der Waals surface area contributed by atoms with Gasteiger partial charge in [0, 0.05) is 19.1 Å². The van der Waals surface area contributed by atoms with Gasteiger partial charge in [-0.05, 0) is 64.2 Å². The SMILES string of the molecule is CC/C=C(/NC(=NC1CCCC1)C(=C(C)C)c1nc2ccccc2s1)S(C)(=O)=O.OC1(O)CCCCC1. The van der Waals surface area contributed by atoms with Gasteiger partial charge in [-0.3, -0.25) is 4.99 Å². The highest BCUT2D eigenvalue weighted by atomic mass is 32.2. The first kappa shape index (κ1) is 29.5. The number of hydrogen-bond donors (Lipinski definition) is 3. The molecule has 2 aliphatic rings. The van der Waals surface area contributed by atoms with E-state index in [9.17, 15) is 8.42 Å². The van der Waals surface area contributed by atoms with Crippen molar-refractivity contribution in [3.8, 4) is 0 Å². The molecule has 2 aromatic rings. The van der Waals surface area contributed by atoms with E-state index < -0.39 is 15.6 Å². The molecule has 7 nitrogen and oxygen atoms in total. The number of thiazole rings is 1. The van der Waals surface area contributed by atoms with Crippen LogP contribution in [0.2, 0.25) is 0 Å². The molecular formula is C28H41N3O4S2. The van der Waals surface area contributed by atoms with E-state index in [2.05, 4.69) is 11.4 Å². The van der Waals surface area contributed by atoms with Gasteiger partial charge in [0.15, 0.2) is 15.6 Å². The van der Waals surface area contributed by atoms with Crippen LogP contribution < -0.4 is 5.32 Å². The van der Waals surface area contributed by atoms with Crippen LogP contribution in [0.3, 0.4) is 0 Å². The van der Waals surface area contributed by atoms with Gasteiger partial charge in [-0.1, -0.05) is 43.9 Å². The molecule has 0 amide bonds. The summed E-state index contributed by atoms with van der Waals surface area (Å²) in [5, 5.41) is 22.1. The van der Waals surface area contributed by atoms with Crippen LogP contribution in [0.1, 0.15) is 90.0 Å². The molecule has 1 aromatic heterocycles. The lowest BCUT2D eigenvalue weighted by molar-refractivity contribution is -0.180. The highest BCUT2D eigenvalue weighted by molar-refractivity contribution is 7.94. The van der Waals surface area contributed by atoms with Gasteiger partial charge in [-0.2, -0.15) is 0 Å². The third-order valence-electron chi connectivity index (χ3n) is 6.57. The van der Waals surface area contributed by atoms with Gasteiger partial charge >= 0.3 is 0 Å². The van der Waals surface area contributed by atoms with Gasteiger partial charge < -0.3 is 15.5 Å². The van der Waals surface area contributed by atoms with E-state index in [1.54, 1.807) is 17.4 Å². The molecule has 37 heavy (non-hydrogen) atoms. The van der Waals surface area contributed by atoms with E-state index in [-0.39, 0.29) is 11.1 Å². The maximum absolute atomic E-state index is 12.3. The third kappa shape index (κ3) is 8.74. The van der Waals surface area contributed by atoms with E-state index in [0.29, 0.717) is 25.1 Å². The Bertz CT molecular complexity index is 1210. The van der Waals surface area contributed by atoms with Crippen molar-refractivity contribution in [1.29, 1.82) is 0 Å². The number of hydrogen-bond acceptors (Lipinski definition) is 7. The third-order valence-corrected chi connectivity index (χ3v) is 8.69. The Morgan fingerprint density at radius 1 is 1.14 bits per heavy atom. The van der Waals surface area contributed by atoms with Crippen molar-refractivity contribution in [2.24, 2.45) is 4.99 Å². The summed E-state index contributed by atoms with van der Waals surface area (Å²) in [7, 11) is -3.39. The van der Waals surface area contributed by atoms with E-state index in [1.807, 2.05) is 39.0 Å².